The summed E-state index contributed by atoms with van der Waals surface area (Å²) in [5.74, 6) is 0.0498. The molecular formula is C19H22N2O3S. The highest BCUT2D eigenvalue weighted by Gasteiger charge is 2.24. The quantitative estimate of drug-likeness (QED) is 0.912. The summed E-state index contributed by atoms with van der Waals surface area (Å²) in [5, 5.41) is 0. The molecule has 0 aliphatic carbocycles. The highest BCUT2D eigenvalue weighted by Crippen LogP contribution is 2.30. The van der Waals surface area contributed by atoms with Crippen molar-refractivity contribution in [3.63, 3.8) is 0 Å². The maximum absolute atomic E-state index is 12.9. The van der Waals surface area contributed by atoms with Gasteiger partial charge in [0.1, 0.15) is 0 Å². The summed E-state index contributed by atoms with van der Waals surface area (Å²) >= 11 is 0. The van der Waals surface area contributed by atoms with E-state index in [0.717, 1.165) is 28.8 Å². The Kier molecular flexibility index (Phi) is 4.56. The maximum atomic E-state index is 12.9. The molecule has 0 fully saturated rings. The van der Waals surface area contributed by atoms with E-state index in [2.05, 4.69) is 4.72 Å². The number of nitrogens with zero attached hydrogens (tertiary/aromatic N) is 1. The van der Waals surface area contributed by atoms with Crippen molar-refractivity contribution in [2.75, 3.05) is 16.7 Å². The van der Waals surface area contributed by atoms with Crippen molar-refractivity contribution in [3.8, 4) is 0 Å². The monoisotopic (exact) mass is 358 g/mol. The van der Waals surface area contributed by atoms with Gasteiger partial charge in [-0.3, -0.25) is 9.52 Å². The van der Waals surface area contributed by atoms with Gasteiger partial charge in [-0.05, 0) is 54.7 Å². The van der Waals surface area contributed by atoms with E-state index in [0.29, 0.717) is 18.5 Å². The Morgan fingerprint density at radius 3 is 2.64 bits per heavy atom. The van der Waals surface area contributed by atoms with Crippen LogP contribution in [-0.2, 0) is 27.7 Å². The van der Waals surface area contributed by atoms with E-state index < -0.39 is 10.0 Å². The first-order valence-electron chi connectivity index (χ1n) is 8.34. The molecule has 3 rings (SSSR count). The predicted octanol–water partition coefficient (Wildman–Crippen LogP) is 3.27. The van der Waals surface area contributed by atoms with Crippen molar-refractivity contribution in [1.82, 2.24) is 0 Å². The van der Waals surface area contributed by atoms with E-state index in [9.17, 15) is 13.2 Å². The minimum absolute atomic E-state index is 0.0498. The summed E-state index contributed by atoms with van der Waals surface area (Å²) in [6, 6.07) is 10.7. The standard InChI is InChI=1S/C19H22N2O3S/c1-4-14-7-5-6-13(2)19(14)20-25(23,24)16-9-10-17-15(12-16)8-11-18(22)21(17)3/h5-7,9-10,12,20H,4,8,11H2,1-3H3. The molecule has 25 heavy (non-hydrogen) atoms. The fraction of sp³-hybridized carbons (Fsp3) is 0.316. The zero-order chi connectivity index (χ0) is 18.2. The number of aryl methyl sites for hydroxylation is 3. The molecule has 1 heterocycles. The molecule has 1 N–H and O–H groups in total. The third kappa shape index (κ3) is 3.26. The van der Waals surface area contributed by atoms with Gasteiger partial charge in [-0.25, -0.2) is 8.42 Å². The molecule has 0 radical (unpaired) electrons. The second kappa shape index (κ2) is 6.52. The van der Waals surface area contributed by atoms with Crippen LogP contribution in [0.15, 0.2) is 41.3 Å². The number of nitrogens with one attached hydrogen (secondary N) is 1. The van der Waals surface area contributed by atoms with Crippen molar-refractivity contribution in [2.24, 2.45) is 0 Å². The molecule has 2 aromatic carbocycles. The number of hydrogen-bond donors (Lipinski definition) is 1. The van der Waals surface area contributed by atoms with E-state index in [4.69, 9.17) is 0 Å². The van der Waals surface area contributed by atoms with Gasteiger partial charge in [0, 0.05) is 19.2 Å². The highest BCUT2D eigenvalue weighted by atomic mass is 32.2. The van der Waals surface area contributed by atoms with Gasteiger partial charge in [-0.15, -0.1) is 0 Å². The Labute approximate surface area is 148 Å². The van der Waals surface area contributed by atoms with Crippen LogP contribution in [-0.4, -0.2) is 21.4 Å². The van der Waals surface area contributed by atoms with Gasteiger partial charge < -0.3 is 4.90 Å². The van der Waals surface area contributed by atoms with Crippen LogP contribution in [0.25, 0.3) is 0 Å². The van der Waals surface area contributed by atoms with Crippen LogP contribution in [0, 0.1) is 6.92 Å². The summed E-state index contributed by atoms with van der Waals surface area (Å²) in [6.07, 6.45) is 1.71. The van der Waals surface area contributed by atoms with Gasteiger partial charge in [-0.1, -0.05) is 25.1 Å². The average Bonchev–Trinajstić information content (AvgIpc) is 2.59. The second-order valence-corrected chi connectivity index (χ2v) is 7.99. The fourth-order valence-corrected chi connectivity index (χ4v) is 4.39. The maximum Gasteiger partial charge on any atom is 0.261 e. The smallest absolute Gasteiger partial charge is 0.261 e. The molecule has 132 valence electrons. The van der Waals surface area contributed by atoms with E-state index in [1.54, 1.807) is 30.1 Å². The molecule has 6 heteroatoms. The molecule has 0 atom stereocenters. The predicted molar refractivity (Wildman–Crippen MR) is 99.5 cm³/mol. The summed E-state index contributed by atoms with van der Waals surface area (Å²) < 4.78 is 28.5. The average molecular weight is 358 g/mol. The molecule has 1 aliphatic rings. The van der Waals surface area contributed by atoms with Crippen molar-refractivity contribution in [2.45, 2.75) is 38.0 Å². The number of sulfonamides is 1. The number of amides is 1. The Bertz CT molecular complexity index is 936. The number of benzene rings is 2. The lowest BCUT2D eigenvalue weighted by molar-refractivity contribution is -0.118. The van der Waals surface area contributed by atoms with Gasteiger partial charge in [0.15, 0.2) is 0 Å². The third-order valence-electron chi connectivity index (χ3n) is 4.68. The molecule has 2 aromatic rings. The van der Waals surface area contributed by atoms with Gasteiger partial charge in [0.05, 0.1) is 10.6 Å². The number of carbonyl (C=O) groups excluding carboxylic acids is 1. The number of anilines is 2. The van der Waals surface area contributed by atoms with Crippen molar-refractivity contribution in [3.05, 3.63) is 53.1 Å². The molecule has 0 unspecified atom stereocenters. The Morgan fingerprint density at radius 1 is 1.16 bits per heavy atom. The molecule has 0 saturated heterocycles. The number of carbonyl (C=O) groups is 1. The van der Waals surface area contributed by atoms with Gasteiger partial charge in [0.2, 0.25) is 5.91 Å². The Hall–Kier alpha value is -2.34. The van der Waals surface area contributed by atoms with Crippen LogP contribution < -0.4 is 9.62 Å². The van der Waals surface area contributed by atoms with Crippen LogP contribution >= 0.6 is 0 Å². The molecule has 0 spiro atoms. The topological polar surface area (TPSA) is 66.5 Å². The van der Waals surface area contributed by atoms with E-state index in [-0.39, 0.29) is 10.8 Å². The molecule has 1 aliphatic heterocycles. The van der Waals surface area contributed by atoms with Crippen LogP contribution in [0.1, 0.15) is 30.0 Å². The molecular weight excluding hydrogens is 336 g/mol. The van der Waals surface area contributed by atoms with Crippen molar-refractivity contribution >= 4 is 27.3 Å². The summed E-state index contributed by atoms with van der Waals surface area (Å²) in [5.41, 5.74) is 4.17. The van der Waals surface area contributed by atoms with Crippen LogP contribution in [0.3, 0.4) is 0 Å². The van der Waals surface area contributed by atoms with Gasteiger partial charge in [-0.2, -0.15) is 0 Å². The fourth-order valence-electron chi connectivity index (χ4n) is 3.16. The van der Waals surface area contributed by atoms with Crippen LogP contribution in [0.4, 0.5) is 11.4 Å². The summed E-state index contributed by atoms with van der Waals surface area (Å²) in [4.78, 5) is 13.6. The number of fused-ring (bicyclic) bond motifs is 1. The Balaban J connectivity index is 1.98. The summed E-state index contributed by atoms with van der Waals surface area (Å²) in [6.45, 7) is 3.89. The number of hydrogen-bond acceptors (Lipinski definition) is 3. The molecule has 1 amide bonds. The first kappa shape index (κ1) is 17.5. The third-order valence-corrected chi connectivity index (χ3v) is 6.03. The van der Waals surface area contributed by atoms with Crippen molar-refractivity contribution in [1.29, 1.82) is 0 Å². The van der Waals surface area contributed by atoms with Gasteiger partial charge in [0.25, 0.3) is 10.0 Å². The first-order valence-corrected chi connectivity index (χ1v) is 9.82. The lowest BCUT2D eigenvalue weighted by atomic mass is 10.0. The molecule has 5 nitrogen and oxygen atoms in total. The van der Waals surface area contributed by atoms with E-state index >= 15 is 0 Å². The molecule has 0 aromatic heterocycles. The van der Waals surface area contributed by atoms with Gasteiger partial charge >= 0.3 is 0 Å². The van der Waals surface area contributed by atoms with Crippen molar-refractivity contribution < 1.29 is 13.2 Å². The Morgan fingerprint density at radius 2 is 1.92 bits per heavy atom. The zero-order valence-corrected chi connectivity index (χ0v) is 15.5. The lowest BCUT2D eigenvalue weighted by Gasteiger charge is -2.26. The minimum Gasteiger partial charge on any atom is -0.315 e. The SMILES string of the molecule is CCc1cccc(C)c1NS(=O)(=O)c1ccc2c(c1)CCC(=O)N2C. The largest absolute Gasteiger partial charge is 0.315 e. The lowest BCUT2D eigenvalue weighted by Crippen LogP contribution is -2.31. The number of rotatable bonds is 4. The normalized spacial score (nSPS) is 14.4. The molecule has 0 bridgehead atoms. The number of para-hydroxylation sites is 1. The second-order valence-electron chi connectivity index (χ2n) is 6.31. The zero-order valence-electron chi connectivity index (χ0n) is 14.7. The van der Waals surface area contributed by atoms with E-state index in [1.807, 2.05) is 32.0 Å². The highest BCUT2D eigenvalue weighted by molar-refractivity contribution is 7.92. The minimum atomic E-state index is -3.69. The summed E-state index contributed by atoms with van der Waals surface area (Å²) in [7, 11) is -1.97. The van der Waals surface area contributed by atoms with E-state index in [1.165, 1.54) is 0 Å². The van der Waals surface area contributed by atoms with Crippen LogP contribution in [0.2, 0.25) is 0 Å². The van der Waals surface area contributed by atoms with Crippen LogP contribution in [0.5, 0.6) is 0 Å². The first-order chi connectivity index (χ1) is 11.8. The molecule has 0 saturated carbocycles.